The summed E-state index contributed by atoms with van der Waals surface area (Å²) in [6, 6.07) is 0. The summed E-state index contributed by atoms with van der Waals surface area (Å²) in [6.45, 7) is 2.21. The van der Waals surface area contributed by atoms with Crippen LogP contribution in [-0.4, -0.2) is 30.4 Å². The van der Waals surface area contributed by atoms with Crippen molar-refractivity contribution in [1.82, 2.24) is 4.90 Å². The van der Waals surface area contributed by atoms with E-state index in [4.69, 9.17) is 5.73 Å². The first kappa shape index (κ1) is 7.28. The molecule has 0 aromatic heterocycles. The molecule has 3 heteroatoms. The van der Waals surface area contributed by atoms with E-state index in [1.165, 1.54) is 0 Å². The fraction of sp³-hybridized carbons (Fsp3) is 0.571. The highest BCUT2D eigenvalue weighted by Crippen LogP contribution is 2.00. The quantitative estimate of drug-likeness (QED) is 0.586. The lowest BCUT2D eigenvalue weighted by molar-refractivity contribution is -0.124. The Hall–Kier alpha value is -0.830. The number of carbonyl (C=O) groups is 1. The first-order valence-corrected chi connectivity index (χ1v) is 3.50. The van der Waals surface area contributed by atoms with Gasteiger partial charge in [0.25, 0.3) is 0 Å². The molecule has 10 heavy (non-hydrogen) atoms. The molecule has 0 spiro atoms. The molecule has 0 bridgehead atoms. The Balaban J connectivity index is 2.24. The Bertz CT molecular complexity index is 154. The van der Waals surface area contributed by atoms with E-state index in [1.54, 1.807) is 11.0 Å². The van der Waals surface area contributed by atoms with E-state index in [0.29, 0.717) is 6.54 Å². The highest BCUT2D eigenvalue weighted by molar-refractivity contribution is 5.89. The Labute approximate surface area is 60.5 Å². The molecule has 2 N–H and O–H groups in total. The lowest BCUT2D eigenvalue weighted by Crippen LogP contribution is -2.27. The zero-order valence-corrected chi connectivity index (χ0v) is 5.92. The molecule has 1 aliphatic heterocycles. The van der Waals surface area contributed by atoms with E-state index in [0.717, 1.165) is 19.5 Å². The normalized spacial score (nSPS) is 16.9. The average molecular weight is 140 g/mol. The molecular formula is C7H12N2O. The summed E-state index contributed by atoms with van der Waals surface area (Å²) >= 11 is 0. The molecule has 56 valence electrons. The van der Waals surface area contributed by atoms with Crippen molar-refractivity contribution in [1.29, 1.82) is 0 Å². The van der Waals surface area contributed by atoms with E-state index in [2.05, 4.69) is 0 Å². The van der Waals surface area contributed by atoms with Gasteiger partial charge in [0.15, 0.2) is 0 Å². The van der Waals surface area contributed by atoms with Crippen LogP contribution in [0.4, 0.5) is 0 Å². The Morgan fingerprint density at radius 1 is 1.70 bits per heavy atom. The van der Waals surface area contributed by atoms with Crippen molar-refractivity contribution in [2.45, 2.75) is 6.42 Å². The van der Waals surface area contributed by atoms with Gasteiger partial charge in [-0.25, -0.2) is 0 Å². The van der Waals surface area contributed by atoms with Gasteiger partial charge in [-0.3, -0.25) is 4.79 Å². The van der Waals surface area contributed by atoms with Crippen LogP contribution in [0.1, 0.15) is 6.42 Å². The van der Waals surface area contributed by atoms with Gasteiger partial charge in [0.1, 0.15) is 0 Å². The van der Waals surface area contributed by atoms with E-state index in [1.807, 2.05) is 6.08 Å². The fourth-order valence-corrected chi connectivity index (χ4v) is 0.960. The molecule has 3 nitrogen and oxygen atoms in total. The first-order valence-electron chi connectivity index (χ1n) is 3.50. The topological polar surface area (TPSA) is 46.3 Å². The maximum Gasteiger partial charge on any atom is 0.246 e. The molecule has 0 atom stereocenters. The van der Waals surface area contributed by atoms with Crippen molar-refractivity contribution in [3.63, 3.8) is 0 Å². The van der Waals surface area contributed by atoms with Gasteiger partial charge >= 0.3 is 0 Å². The summed E-state index contributed by atoms with van der Waals surface area (Å²) in [4.78, 5) is 12.7. The van der Waals surface area contributed by atoms with Crippen LogP contribution in [0.15, 0.2) is 12.2 Å². The second-order valence-corrected chi connectivity index (χ2v) is 2.33. The van der Waals surface area contributed by atoms with Crippen molar-refractivity contribution in [3.8, 4) is 0 Å². The average Bonchev–Trinajstić information content (AvgIpc) is 2.31. The smallest absolute Gasteiger partial charge is 0.246 e. The largest absolute Gasteiger partial charge is 0.335 e. The summed E-state index contributed by atoms with van der Waals surface area (Å²) in [5.74, 6) is 0.119. The van der Waals surface area contributed by atoms with Crippen LogP contribution < -0.4 is 5.73 Å². The lowest BCUT2D eigenvalue weighted by Gasteiger charge is -2.13. The summed E-state index contributed by atoms with van der Waals surface area (Å²) in [5.41, 5.74) is 5.29. The minimum Gasteiger partial charge on any atom is -0.335 e. The molecule has 0 aromatic carbocycles. The van der Waals surface area contributed by atoms with E-state index < -0.39 is 0 Å². The zero-order chi connectivity index (χ0) is 7.40. The van der Waals surface area contributed by atoms with Crippen molar-refractivity contribution in [2.75, 3.05) is 19.6 Å². The van der Waals surface area contributed by atoms with Gasteiger partial charge < -0.3 is 10.6 Å². The van der Waals surface area contributed by atoms with Crippen LogP contribution >= 0.6 is 0 Å². The first-order chi connectivity index (χ1) is 4.84. The van der Waals surface area contributed by atoms with E-state index in [9.17, 15) is 4.79 Å². The van der Waals surface area contributed by atoms with Gasteiger partial charge in [0.2, 0.25) is 5.91 Å². The molecule has 0 aromatic rings. The Morgan fingerprint density at radius 3 is 3.00 bits per heavy atom. The molecule has 0 unspecified atom stereocenters. The van der Waals surface area contributed by atoms with Gasteiger partial charge in [-0.2, -0.15) is 0 Å². The van der Waals surface area contributed by atoms with Crippen molar-refractivity contribution in [2.24, 2.45) is 5.73 Å². The maximum absolute atomic E-state index is 10.9. The third-order valence-electron chi connectivity index (χ3n) is 1.53. The number of hydrogen-bond donors (Lipinski definition) is 1. The van der Waals surface area contributed by atoms with Gasteiger partial charge in [-0.05, 0) is 13.0 Å². The number of hydrogen-bond acceptors (Lipinski definition) is 2. The molecule has 1 rings (SSSR count). The van der Waals surface area contributed by atoms with Crippen LogP contribution in [0.5, 0.6) is 0 Å². The standard InChI is InChI=1S/C7H12N2O/c8-4-2-6-9-5-1-3-7(9)10/h1,3H,2,4-6,8H2. The molecule has 1 aliphatic rings. The summed E-state index contributed by atoms with van der Waals surface area (Å²) in [7, 11) is 0. The number of amides is 1. The van der Waals surface area contributed by atoms with Crippen molar-refractivity contribution in [3.05, 3.63) is 12.2 Å². The summed E-state index contributed by atoms with van der Waals surface area (Å²) < 4.78 is 0. The monoisotopic (exact) mass is 140 g/mol. The van der Waals surface area contributed by atoms with Crippen LogP contribution in [-0.2, 0) is 4.79 Å². The molecule has 1 amide bonds. The second kappa shape index (κ2) is 3.37. The van der Waals surface area contributed by atoms with Crippen molar-refractivity contribution >= 4 is 5.91 Å². The summed E-state index contributed by atoms with van der Waals surface area (Å²) in [6.07, 6.45) is 4.38. The van der Waals surface area contributed by atoms with Gasteiger partial charge in [-0.1, -0.05) is 6.08 Å². The number of carbonyl (C=O) groups excluding carboxylic acids is 1. The zero-order valence-electron chi connectivity index (χ0n) is 5.92. The van der Waals surface area contributed by atoms with Crippen LogP contribution in [0.3, 0.4) is 0 Å². The molecule has 0 aliphatic carbocycles. The van der Waals surface area contributed by atoms with Crippen LogP contribution in [0.2, 0.25) is 0 Å². The van der Waals surface area contributed by atoms with Crippen LogP contribution in [0.25, 0.3) is 0 Å². The molecule has 1 heterocycles. The highest BCUT2D eigenvalue weighted by atomic mass is 16.2. The number of nitrogens with zero attached hydrogens (tertiary/aromatic N) is 1. The van der Waals surface area contributed by atoms with Gasteiger partial charge in [0.05, 0.1) is 0 Å². The Morgan fingerprint density at radius 2 is 2.50 bits per heavy atom. The number of nitrogens with two attached hydrogens (primary N) is 1. The third-order valence-corrected chi connectivity index (χ3v) is 1.53. The molecule has 0 saturated carbocycles. The minimum absolute atomic E-state index is 0.119. The lowest BCUT2D eigenvalue weighted by atomic mass is 10.4. The predicted molar refractivity (Wildman–Crippen MR) is 39.4 cm³/mol. The van der Waals surface area contributed by atoms with Gasteiger partial charge in [0, 0.05) is 19.2 Å². The predicted octanol–water partition coefficient (Wildman–Crippen LogP) is -0.266. The molecule has 0 fully saturated rings. The molecular weight excluding hydrogens is 128 g/mol. The molecule has 0 saturated heterocycles. The van der Waals surface area contributed by atoms with Crippen LogP contribution in [0, 0.1) is 0 Å². The highest BCUT2D eigenvalue weighted by Gasteiger charge is 2.12. The van der Waals surface area contributed by atoms with E-state index >= 15 is 0 Å². The van der Waals surface area contributed by atoms with E-state index in [-0.39, 0.29) is 5.91 Å². The van der Waals surface area contributed by atoms with Gasteiger partial charge in [-0.15, -0.1) is 0 Å². The summed E-state index contributed by atoms with van der Waals surface area (Å²) in [5, 5.41) is 0. The maximum atomic E-state index is 10.9. The second-order valence-electron chi connectivity index (χ2n) is 2.33. The van der Waals surface area contributed by atoms with Crippen molar-refractivity contribution < 1.29 is 4.79 Å². The minimum atomic E-state index is 0.119. The molecule has 0 radical (unpaired) electrons. The third kappa shape index (κ3) is 1.57. The Kier molecular flexibility index (Phi) is 2.45. The fourth-order valence-electron chi connectivity index (χ4n) is 0.960. The SMILES string of the molecule is NCCCN1CC=CC1=O. The number of rotatable bonds is 3.